The van der Waals surface area contributed by atoms with Gasteiger partial charge in [0.1, 0.15) is 16.9 Å². The van der Waals surface area contributed by atoms with Crippen molar-refractivity contribution in [3.05, 3.63) is 88.5 Å². The molecule has 1 heterocycles. The first kappa shape index (κ1) is 16.2. The second kappa shape index (κ2) is 5.63. The lowest BCUT2D eigenvalue weighted by Crippen LogP contribution is -2.36. The molecule has 4 rings (SSSR count). The smallest absolute Gasteiger partial charge is 0.244 e. The number of hydrogen-bond acceptors (Lipinski definition) is 3. The summed E-state index contributed by atoms with van der Waals surface area (Å²) in [5, 5.41) is 22.5. The topological polar surface area (TPSA) is 69.6 Å². The van der Waals surface area contributed by atoms with Crippen molar-refractivity contribution in [3.63, 3.8) is 0 Å². The number of carbonyl (C=O) groups is 1. The van der Waals surface area contributed by atoms with Crippen LogP contribution in [0.25, 0.3) is 0 Å². The standard InChI is InChI=1S/C22H19NO3/c1-13-3-12-19-20(14(13)2)23-21(26)22(19,15-4-8-17(24)9-5-15)16-6-10-18(25)11-7-16/h3-12,24-25H,1-2H3,(H,23,26). The minimum atomic E-state index is -1.03. The minimum Gasteiger partial charge on any atom is -0.508 e. The molecule has 3 aromatic rings. The third-order valence-electron chi connectivity index (χ3n) is 5.32. The van der Waals surface area contributed by atoms with Gasteiger partial charge in [0.05, 0.1) is 0 Å². The first-order valence-electron chi connectivity index (χ1n) is 8.45. The maximum Gasteiger partial charge on any atom is 0.244 e. The van der Waals surface area contributed by atoms with Gasteiger partial charge >= 0.3 is 0 Å². The number of fused-ring (bicyclic) bond motifs is 1. The lowest BCUT2D eigenvalue weighted by atomic mass is 9.70. The van der Waals surface area contributed by atoms with E-state index in [0.717, 1.165) is 33.5 Å². The van der Waals surface area contributed by atoms with Crippen LogP contribution in [0.2, 0.25) is 0 Å². The number of nitrogens with one attached hydrogen (secondary N) is 1. The van der Waals surface area contributed by atoms with E-state index in [1.54, 1.807) is 48.5 Å². The first-order chi connectivity index (χ1) is 12.4. The van der Waals surface area contributed by atoms with Crippen molar-refractivity contribution in [2.45, 2.75) is 19.3 Å². The van der Waals surface area contributed by atoms with E-state index in [1.807, 2.05) is 26.0 Å². The number of carbonyl (C=O) groups excluding carboxylic acids is 1. The SMILES string of the molecule is Cc1ccc2c(c1C)NC(=O)C2(c1ccc(O)cc1)c1ccc(O)cc1. The van der Waals surface area contributed by atoms with E-state index in [2.05, 4.69) is 5.32 Å². The molecule has 0 saturated carbocycles. The predicted octanol–water partition coefficient (Wildman–Crippen LogP) is 4.00. The van der Waals surface area contributed by atoms with Crippen molar-refractivity contribution in [2.24, 2.45) is 0 Å². The van der Waals surface area contributed by atoms with E-state index in [0.29, 0.717) is 0 Å². The molecule has 0 radical (unpaired) electrons. The molecule has 0 aliphatic carbocycles. The normalized spacial score (nSPS) is 14.8. The van der Waals surface area contributed by atoms with Crippen molar-refractivity contribution in [1.82, 2.24) is 0 Å². The Morgan fingerprint density at radius 1 is 0.769 bits per heavy atom. The van der Waals surface area contributed by atoms with Gasteiger partial charge in [-0.25, -0.2) is 0 Å². The third kappa shape index (κ3) is 2.12. The van der Waals surface area contributed by atoms with Gasteiger partial charge in [0, 0.05) is 11.3 Å². The summed E-state index contributed by atoms with van der Waals surface area (Å²) in [6.07, 6.45) is 0. The number of benzene rings is 3. The van der Waals surface area contributed by atoms with E-state index < -0.39 is 5.41 Å². The first-order valence-corrected chi connectivity index (χ1v) is 8.45. The molecule has 4 heteroatoms. The van der Waals surface area contributed by atoms with Gasteiger partial charge in [-0.05, 0) is 60.4 Å². The van der Waals surface area contributed by atoms with E-state index in [-0.39, 0.29) is 17.4 Å². The summed E-state index contributed by atoms with van der Waals surface area (Å²) in [6.45, 7) is 4.01. The highest BCUT2D eigenvalue weighted by atomic mass is 16.3. The lowest BCUT2D eigenvalue weighted by molar-refractivity contribution is -0.118. The molecule has 3 N–H and O–H groups in total. The highest BCUT2D eigenvalue weighted by molar-refractivity contribution is 6.12. The number of amides is 1. The summed E-state index contributed by atoms with van der Waals surface area (Å²) < 4.78 is 0. The average Bonchev–Trinajstić information content (AvgIpc) is 2.93. The Morgan fingerprint density at radius 2 is 1.27 bits per heavy atom. The van der Waals surface area contributed by atoms with E-state index in [4.69, 9.17) is 0 Å². The third-order valence-corrected chi connectivity index (χ3v) is 5.32. The van der Waals surface area contributed by atoms with Crippen molar-refractivity contribution in [3.8, 4) is 11.5 Å². The average molecular weight is 345 g/mol. The van der Waals surface area contributed by atoms with Crippen LogP contribution in [-0.4, -0.2) is 16.1 Å². The molecule has 4 nitrogen and oxygen atoms in total. The molecule has 0 unspecified atom stereocenters. The van der Waals surface area contributed by atoms with Gasteiger partial charge in [-0.15, -0.1) is 0 Å². The molecule has 0 saturated heterocycles. The van der Waals surface area contributed by atoms with Crippen LogP contribution in [0.1, 0.15) is 27.8 Å². The Hall–Kier alpha value is -3.27. The van der Waals surface area contributed by atoms with Crippen molar-refractivity contribution in [2.75, 3.05) is 5.32 Å². The maximum absolute atomic E-state index is 13.4. The molecule has 0 aromatic heterocycles. The van der Waals surface area contributed by atoms with Crippen molar-refractivity contribution < 1.29 is 15.0 Å². The summed E-state index contributed by atoms with van der Waals surface area (Å²) in [4.78, 5) is 13.4. The number of aromatic hydroxyl groups is 2. The van der Waals surface area contributed by atoms with Gasteiger partial charge < -0.3 is 15.5 Å². The van der Waals surface area contributed by atoms with Crippen LogP contribution >= 0.6 is 0 Å². The summed E-state index contributed by atoms with van der Waals surface area (Å²) in [5.74, 6) is 0.152. The van der Waals surface area contributed by atoms with Gasteiger partial charge in [-0.1, -0.05) is 36.4 Å². The zero-order valence-electron chi connectivity index (χ0n) is 14.6. The second-order valence-electron chi connectivity index (χ2n) is 6.73. The molecular formula is C22H19NO3. The number of hydrogen-bond donors (Lipinski definition) is 3. The van der Waals surface area contributed by atoms with Crippen LogP contribution in [0.3, 0.4) is 0 Å². The molecular weight excluding hydrogens is 326 g/mol. The van der Waals surface area contributed by atoms with Crippen LogP contribution in [-0.2, 0) is 10.2 Å². The molecule has 130 valence electrons. The van der Waals surface area contributed by atoms with E-state index in [1.165, 1.54) is 0 Å². The van der Waals surface area contributed by atoms with Crippen molar-refractivity contribution in [1.29, 1.82) is 0 Å². The largest absolute Gasteiger partial charge is 0.508 e. The van der Waals surface area contributed by atoms with Gasteiger partial charge in [-0.3, -0.25) is 4.79 Å². The fraction of sp³-hybridized carbons (Fsp3) is 0.136. The summed E-state index contributed by atoms with van der Waals surface area (Å²) in [6, 6.07) is 17.4. The maximum atomic E-state index is 13.4. The summed E-state index contributed by atoms with van der Waals surface area (Å²) in [7, 11) is 0. The van der Waals surface area contributed by atoms with Crippen LogP contribution in [0.4, 0.5) is 5.69 Å². The number of phenols is 2. The molecule has 0 bridgehead atoms. The molecule has 0 atom stereocenters. The Balaban J connectivity index is 2.08. The molecule has 0 spiro atoms. The summed E-state index contributed by atoms with van der Waals surface area (Å²) >= 11 is 0. The molecule has 1 amide bonds. The van der Waals surface area contributed by atoms with Crippen LogP contribution < -0.4 is 5.32 Å². The molecule has 1 aliphatic rings. The fourth-order valence-corrected chi connectivity index (χ4v) is 3.78. The number of anilines is 1. The second-order valence-corrected chi connectivity index (χ2v) is 6.73. The Kier molecular flexibility index (Phi) is 3.51. The monoisotopic (exact) mass is 345 g/mol. The highest BCUT2D eigenvalue weighted by Crippen LogP contribution is 2.49. The van der Waals surface area contributed by atoms with Crippen LogP contribution in [0.15, 0.2) is 60.7 Å². The van der Waals surface area contributed by atoms with Crippen LogP contribution in [0.5, 0.6) is 11.5 Å². The zero-order chi connectivity index (χ0) is 18.5. The van der Waals surface area contributed by atoms with Gasteiger partial charge in [-0.2, -0.15) is 0 Å². The Morgan fingerprint density at radius 3 is 1.77 bits per heavy atom. The number of aryl methyl sites for hydroxylation is 1. The fourth-order valence-electron chi connectivity index (χ4n) is 3.78. The Bertz CT molecular complexity index is 959. The molecule has 1 aliphatic heterocycles. The minimum absolute atomic E-state index is 0.141. The van der Waals surface area contributed by atoms with E-state index in [9.17, 15) is 15.0 Å². The van der Waals surface area contributed by atoms with Crippen LogP contribution in [0, 0.1) is 13.8 Å². The summed E-state index contributed by atoms with van der Waals surface area (Å²) in [5.41, 5.74) is 4.35. The van der Waals surface area contributed by atoms with Gasteiger partial charge in [0.2, 0.25) is 5.91 Å². The van der Waals surface area contributed by atoms with Gasteiger partial charge in [0.15, 0.2) is 0 Å². The zero-order valence-corrected chi connectivity index (χ0v) is 14.6. The number of rotatable bonds is 2. The van der Waals surface area contributed by atoms with Crippen molar-refractivity contribution >= 4 is 11.6 Å². The lowest BCUT2D eigenvalue weighted by Gasteiger charge is -2.29. The molecule has 26 heavy (non-hydrogen) atoms. The molecule has 3 aromatic carbocycles. The van der Waals surface area contributed by atoms with E-state index >= 15 is 0 Å². The highest BCUT2D eigenvalue weighted by Gasteiger charge is 2.50. The predicted molar refractivity (Wildman–Crippen MR) is 101 cm³/mol. The Labute approximate surface area is 151 Å². The quantitative estimate of drug-likeness (QED) is 0.657. The van der Waals surface area contributed by atoms with Gasteiger partial charge in [0.25, 0.3) is 0 Å². The molecule has 0 fully saturated rings. The number of phenolic OH excluding ortho intramolecular Hbond substituents is 2.